The van der Waals surface area contributed by atoms with Crippen molar-refractivity contribution >= 4 is 11.6 Å². The summed E-state index contributed by atoms with van der Waals surface area (Å²) in [7, 11) is 4.67. The first-order chi connectivity index (χ1) is 12.7. The molecule has 0 heterocycles. The second kappa shape index (κ2) is 8.13. The Balaban J connectivity index is 1.75. The van der Waals surface area contributed by atoms with E-state index >= 15 is 0 Å². The van der Waals surface area contributed by atoms with Gasteiger partial charge in [-0.2, -0.15) is 0 Å². The molecular weight excluding hydrogens is 330 g/mol. The smallest absolute Gasteiger partial charge is 0.225 e. The Labute approximate surface area is 154 Å². The molecule has 0 aliphatic heterocycles. The number of carbonyl (C=O) groups is 1. The van der Waals surface area contributed by atoms with Crippen LogP contribution in [0.3, 0.4) is 0 Å². The van der Waals surface area contributed by atoms with Gasteiger partial charge < -0.3 is 19.5 Å². The van der Waals surface area contributed by atoms with Gasteiger partial charge >= 0.3 is 0 Å². The molecule has 0 bridgehead atoms. The largest absolute Gasteiger partial charge is 0.493 e. The van der Waals surface area contributed by atoms with Gasteiger partial charge in [0, 0.05) is 24.2 Å². The molecule has 1 N–H and O–H groups in total. The van der Waals surface area contributed by atoms with E-state index in [0.717, 1.165) is 0 Å². The first kappa shape index (κ1) is 18.1. The van der Waals surface area contributed by atoms with Crippen LogP contribution in [0.25, 0.3) is 0 Å². The number of hydrogen-bond donors (Lipinski definition) is 1. The number of amides is 1. The molecule has 0 spiro atoms. The lowest BCUT2D eigenvalue weighted by Crippen LogP contribution is -2.17. The van der Waals surface area contributed by atoms with Crippen LogP contribution in [-0.2, 0) is 4.79 Å². The standard InChI is InChI=1S/C21H25NO4/c1-24-18-11-16(12-19(25-2)21(18)26-3)22-20(23)13-17(15-9-10-15)14-7-5-4-6-8-14/h4-8,11-12,15,17H,9-10,13H2,1-3H3,(H,22,23). The fraction of sp³-hybridized carbons (Fsp3) is 0.381. The van der Waals surface area contributed by atoms with E-state index < -0.39 is 0 Å². The van der Waals surface area contributed by atoms with E-state index in [4.69, 9.17) is 14.2 Å². The van der Waals surface area contributed by atoms with Crippen molar-refractivity contribution in [3.63, 3.8) is 0 Å². The second-order valence-electron chi connectivity index (χ2n) is 6.52. The van der Waals surface area contributed by atoms with E-state index in [0.29, 0.717) is 35.3 Å². The summed E-state index contributed by atoms with van der Waals surface area (Å²) < 4.78 is 16.0. The third kappa shape index (κ3) is 4.10. The van der Waals surface area contributed by atoms with Crippen molar-refractivity contribution in [3.05, 3.63) is 48.0 Å². The number of benzene rings is 2. The average molecular weight is 355 g/mol. The molecule has 1 atom stereocenters. The van der Waals surface area contributed by atoms with E-state index in [-0.39, 0.29) is 11.8 Å². The van der Waals surface area contributed by atoms with Gasteiger partial charge in [0.1, 0.15) is 0 Å². The molecule has 1 fully saturated rings. The number of ether oxygens (including phenoxy) is 3. The molecule has 0 saturated heterocycles. The first-order valence-electron chi connectivity index (χ1n) is 8.81. The maximum absolute atomic E-state index is 12.7. The predicted octanol–water partition coefficient (Wildman–Crippen LogP) is 4.23. The van der Waals surface area contributed by atoms with Crippen molar-refractivity contribution in [2.24, 2.45) is 5.92 Å². The fourth-order valence-corrected chi connectivity index (χ4v) is 3.32. The molecule has 0 aromatic heterocycles. The quantitative estimate of drug-likeness (QED) is 0.770. The molecule has 1 aliphatic rings. The summed E-state index contributed by atoms with van der Waals surface area (Å²) in [6.07, 6.45) is 2.85. The van der Waals surface area contributed by atoms with Gasteiger partial charge in [0.25, 0.3) is 0 Å². The molecule has 138 valence electrons. The molecule has 0 radical (unpaired) electrons. The Morgan fingerprint density at radius 1 is 1.04 bits per heavy atom. The summed E-state index contributed by atoms with van der Waals surface area (Å²) in [6.45, 7) is 0. The first-order valence-corrected chi connectivity index (χ1v) is 8.81. The minimum Gasteiger partial charge on any atom is -0.493 e. The van der Waals surface area contributed by atoms with Gasteiger partial charge in [-0.3, -0.25) is 4.79 Å². The highest BCUT2D eigenvalue weighted by molar-refractivity contribution is 5.92. The Morgan fingerprint density at radius 3 is 2.15 bits per heavy atom. The van der Waals surface area contributed by atoms with Crippen molar-refractivity contribution in [3.8, 4) is 17.2 Å². The minimum absolute atomic E-state index is 0.0139. The number of anilines is 1. The number of nitrogens with one attached hydrogen (secondary N) is 1. The Hall–Kier alpha value is -2.69. The zero-order chi connectivity index (χ0) is 18.5. The third-order valence-electron chi connectivity index (χ3n) is 4.77. The van der Waals surface area contributed by atoms with Gasteiger partial charge in [0.05, 0.1) is 21.3 Å². The van der Waals surface area contributed by atoms with Crippen LogP contribution in [0.4, 0.5) is 5.69 Å². The van der Waals surface area contributed by atoms with E-state index in [9.17, 15) is 4.79 Å². The maximum atomic E-state index is 12.7. The van der Waals surface area contributed by atoms with Crippen molar-refractivity contribution in [1.29, 1.82) is 0 Å². The summed E-state index contributed by atoms with van der Waals surface area (Å²) >= 11 is 0. The molecule has 5 heteroatoms. The van der Waals surface area contributed by atoms with Crippen molar-refractivity contribution in [1.82, 2.24) is 0 Å². The molecular formula is C21H25NO4. The highest BCUT2D eigenvalue weighted by Crippen LogP contribution is 2.45. The lowest BCUT2D eigenvalue weighted by molar-refractivity contribution is -0.116. The van der Waals surface area contributed by atoms with Crippen molar-refractivity contribution < 1.29 is 19.0 Å². The van der Waals surface area contributed by atoms with Crippen LogP contribution in [0.5, 0.6) is 17.2 Å². The van der Waals surface area contributed by atoms with E-state index in [2.05, 4.69) is 17.4 Å². The van der Waals surface area contributed by atoms with Gasteiger partial charge in [0.15, 0.2) is 11.5 Å². The van der Waals surface area contributed by atoms with Crippen LogP contribution in [0.15, 0.2) is 42.5 Å². The summed E-state index contributed by atoms with van der Waals surface area (Å²) in [5, 5.41) is 2.97. The zero-order valence-corrected chi connectivity index (χ0v) is 15.5. The van der Waals surface area contributed by atoms with Crippen LogP contribution in [0, 0.1) is 5.92 Å². The topological polar surface area (TPSA) is 56.8 Å². The summed E-state index contributed by atoms with van der Waals surface area (Å²) in [5.74, 6) is 2.39. The molecule has 1 amide bonds. The van der Waals surface area contributed by atoms with Crippen LogP contribution >= 0.6 is 0 Å². The highest BCUT2D eigenvalue weighted by atomic mass is 16.5. The molecule has 1 aliphatic carbocycles. The average Bonchev–Trinajstić information content (AvgIpc) is 3.51. The summed E-state index contributed by atoms with van der Waals surface area (Å²) in [5.41, 5.74) is 1.86. The summed E-state index contributed by atoms with van der Waals surface area (Å²) in [4.78, 5) is 12.7. The minimum atomic E-state index is -0.0139. The molecule has 2 aromatic rings. The van der Waals surface area contributed by atoms with Crippen LogP contribution < -0.4 is 19.5 Å². The van der Waals surface area contributed by atoms with Gasteiger partial charge in [-0.05, 0) is 30.2 Å². The number of hydrogen-bond acceptors (Lipinski definition) is 4. The van der Waals surface area contributed by atoms with Crippen LogP contribution in [-0.4, -0.2) is 27.2 Å². The predicted molar refractivity (Wildman–Crippen MR) is 101 cm³/mol. The molecule has 2 aromatic carbocycles. The maximum Gasteiger partial charge on any atom is 0.225 e. The van der Waals surface area contributed by atoms with E-state index in [1.165, 1.54) is 18.4 Å². The third-order valence-corrected chi connectivity index (χ3v) is 4.77. The summed E-state index contributed by atoms with van der Waals surface area (Å²) in [6, 6.07) is 13.8. The zero-order valence-electron chi connectivity index (χ0n) is 15.5. The molecule has 1 saturated carbocycles. The molecule has 5 nitrogen and oxygen atoms in total. The van der Waals surface area contributed by atoms with Gasteiger partial charge in [-0.25, -0.2) is 0 Å². The lowest BCUT2D eigenvalue weighted by Gasteiger charge is -2.18. The second-order valence-corrected chi connectivity index (χ2v) is 6.52. The van der Waals surface area contributed by atoms with Gasteiger partial charge in [-0.1, -0.05) is 30.3 Å². The van der Waals surface area contributed by atoms with Gasteiger partial charge in [-0.15, -0.1) is 0 Å². The van der Waals surface area contributed by atoms with Gasteiger partial charge in [0.2, 0.25) is 11.7 Å². The molecule has 26 heavy (non-hydrogen) atoms. The SMILES string of the molecule is COc1cc(NC(=O)CC(c2ccccc2)C2CC2)cc(OC)c1OC. The monoisotopic (exact) mass is 355 g/mol. The fourth-order valence-electron chi connectivity index (χ4n) is 3.32. The Morgan fingerprint density at radius 2 is 1.65 bits per heavy atom. The molecule has 1 unspecified atom stereocenters. The van der Waals surface area contributed by atoms with E-state index in [1.54, 1.807) is 33.5 Å². The van der Waals surface area contributed by atoms with Crippen molar-refractivity contribution in [2.45, 2.75) is 25.2 Å². The van der Waals surface area contributed by atoms with Crippen molar-refractivity contribution in [2.75, 3.05) is 26.6 Å². The Kier molecular flexibility index (Phi) is 5.66. The number of carbonyl (C=O) groups excluding carboxylic acids is 1. The van der Waals surface area contributed by atoms with E-state index in [1.807, 2.05) is 18.2 Å². The number of rotatable bonds is 8. The number of methoxy groups -OCH3 is 3. The normalized spacial score (nSPS) is 14.4. The molecule has 3 rings (SSSR count). The van der Waals surface area contributed by atoms with Crippen LogP contribution in [0.2, 0.25) is 0 Å². The Bertz CT molecular complexity index is 731. The highest BCUT2D eigenvalue weighted by Gasteiger charge is 2.33. The van der Waals surface area contributed by atoms with Crippen LogP contribution in [0.1, 0.15) is 30.7 Å². The lowest BCUT2D eigenvalue weighted by atomic mass is 9.91.